The minimum absolute atomic E-state index is 0.147. The molecular weight excluding hydrogens is 274 g/mol. The number of benzene rings is 1. The lowest BCUT2D eigenvalue weighted by Gasteiger charge is -2.09. The molecule has 0 saturated heterocycles. The molecule has 0 N–H and O–H groups in total. The quantitative estimate of drug-likeness (QED) is 0.845. The molecule has 4 nitrogen and oxygen atoms in total. The minimum atomic E-state index is -0.307. The fraction of sp³-hybridized carbons (Fsp3) is 0.389. The molecule has 0 bridgehead atoms. The normalized spacial score (nSPS) is 10.7. The molecule has 0 atom stereocenters. The van der Waals surface area contributed by atoms with Gasteiger partial charge < -0.3 is 0 Å². The third-order valence-electron chi connectivity index (χ3n) is 3.69. The summed E-state index contributed by atoms with van der Waals surface area (Å²) < 4.78 is 1.41. The van der Waals surface area contributed by atoms with Crippen LogP contribution in [0.5, 0.6) is 0 Å². The lowest BCUT2D eigenvalue weighted by molar-refractivity contribution is 0.544. The van der Waals surface area contributed by atoms with Gasteiger partial charge in [-0.1, -0.05) is 51.5 Å². The van der Waals surface area contributed by atoms with E-state index in [1.165, 1.54) is 10.2 Å². The van der Waals surface area contributed by atoms with Crippen molar-refractivity contribution in [3.8, 4) is 17.3 Å². The first-order valence-electron chi connectivity index (χ1n) is 7.69. The highest BCUT2D eigenvalue weighted by atomic mass is 16.1. The number of unbranched alkanes of at least 4 members (excludes halogenated alkanes) is 1. The van der Waals surface area contributed by atoms with Crippen LogP contribution >= 0.6 is 0 Å². The first-order chi connectivity index (χ1) is 10.6. The standard InChI is InChI=1S/C18H21N3O/c1-4-5-10-21-18(22)16(12-19)11-17(20-21)15-8-6-14(7-9-15)13(2)3/h6-9,11,13H,4-5,10H2,1-3H3. The van der Waals surface area contributed by atoms with Crippen molar-refractivity contribution < 1.29 is 0 Å². The Hall–Kier alpha value is -2.41. The molecule has 0 aliphatic rings. The molecule has 2 rings (SSSR count). The summed E-state index contributed by atoms with van der Waals surface area (Å²) in [6, 6.07) is 11.7. The lowest BCUT2D eigenvalue weighted by atomic mass is 10.0. The summed E-state index contributed by atoms with van der Waals surface area (Å²) in [4.78, 5) is 12.1. The van der Waals surface area contributed by atoms with E-state index in [0.29, 0.717) is 18.2 Å². The van der Waals surface area contributed by atoms with Gasteiger partial charge in [-0.15, -0.1) is 0 Å². The number of aromatic nitrogens is 2. The second-order valence-corrected chi connectivity index (χ2v) is 5.71. The van der Waals surface area contributed by atoms with Crippen LogP contribution in [0.2, 0.25) is 0 Å². The number of rotatable bonds is 5. The fourth-order valence-corrected chi connectivity index (χ4v) is 2.26. The van der Waals surface area contributed by atoms with Crippen molar-refractivity contribution in [2.24, 2.45) is 0 Å². The molecule has 0 spiro atoms. The molecule has 1 aromatic carbocycles. The van der Waals surface area contributed by atoms with Crippen molar-refractivity contribution in [3.63, 3.8) is 0 Å². The Labute approximate surface area is 131 Å². The van der Waals surface area contributed by atoms with Gasteiger partial charge in [0.15, 0.2) is 0 Å². The SMILES string of the molecule is CCCCn1nc(-c2ccc(C(C)C)cc2)cc(C#N)c1=O. The Balaban J connectivity index is 2.46. The van der Waals surface area contributed by atoms with Gasteiger partial charge in [0.2, 0.25) is 0 Å². The Morgan fingerprint density at radius 3 is 2.50 bits per heavy atom. The molecule has 0 radical (unpaired) electrons. The predicted octanol–water partition coefficient (Wildman–Crippen LogP) is 3.71. The minimum Gasteiger partial charge on any atom is -0.266 e. The zero-order valence-corrected chi connectivity index (χ0v) is 13.3. The van der Waals surface area contributed by atoms with E-state index in [-0.39, 0.29) is 11.1 Å². The Morgan fingerprint density at radius 2 is 1.95 bits per heavy atom. The molecule has 0 fully saturated rings. The van der Waals surface area contributed by atoms with Crippen LogP contribution in [0, 0.1) is 11.3 Å². The highest BCUT2D eigenvalue weighted by Gasteiger charge is 2.10. The van der Waals surface area contributed by atoms with Crippen molar-refractivity contribution in [2.75, 3.05) is 0 Å². The van der Waals surface area contributed by atoms with Crippen LogP contribution in [0.4, 0.5) is 0 Å². The van der Waals surface area contributed by atoms with E-state index in [9.17, 15) is 4.79 Å². The first kappa shape index (κ1) is 16.0. The highest BCUT2D eigenvalue weighted by Crippen LogP contribution is 2.21. The molecule has 0 amide bonds. The molecule has 0 aliphatic carbocycles. The van der Waals surface area contributed by atoms with Gasteiger partial charge in [0, 0.05) is 12.1 Å². The van der Waals surface area contributed by atoms with E-state index in [1.807, 2.05) is 18.2 Å². The van der Waals surface area contributed by atoms with Gasteiger partial charge in [0.05, 0.1) is 5.69 Å². The summed E-state index contributed by atoms with van der Waals surface area (Å²) in [6.45, 7) is 6.89. The smallest absolute Gasteiger partial charge is 0.266 e. The zero-order valence-electron chi connectivity index (χ0n) is 13.3. The number of hydrogen-bond acceptors (Lipinski definition) is 3. The van der Waals surface area contributed by atoms with Gasteiger partial charge in [0.25, 0.3) is 5.56 Å². The first-order valence-corrected chi connectivity index (χ1v) is 7.69. The maximum absolute atomic E-state index is 12.1. The van der Waals surface area contributed by atoms with Gasteiger partial charge in [-0.05, 0) is 24.0 Å². The van der Waals surface area contributed by atoms with Crippen molar-refractivity contribution in [1.29, 1.82) is 5.26 Å². The second kappa shape index (κ2) is 7.04. The predicted molar refractivity (Wildman–Crippen MR) is 87.6 cm³/mol. The Bertz CT molecular complexity index is 736. The topological polar surface area (TPSA) is 58.7 Å². The zero-order chi connectivity index (χ0) is 16.1. The Kier molecular flexibility index (Phi) is 5.11. The van der Waals surface area contributed by atoms with Crippen LogP contribution in [-0.4, -0.2) is 9.78 Å². The van der Waals surface area contributed by atoms with Gasteiger partial charge >= 0.3 is 0 Å². The maximum atomic E-state index is 12.1. The summed E-state index contributed by atoms with van der Waals surface area (Å²) in [5, 5.41) is 13.6. The molecule has 0 unspecified atom stereocenters. The number of aryl methyl sites for hydroxylation is 1. The third-order valence-corrected chi connectivity index (χ3v) is 3.69. The van der Waals surface area contributed by atoms with E-state index < -0.39 is 0 Å². The van der Waals surface area contributed by atoms with Crippen molar-refractivity contribution in [2.45, 2.75) is 46.1 Å². The van der Waals surface area contributed by atoms with Gasteiger partial charge in [-0.3, -0.25) is 4.79 Å². The average Bonchev–Trinajstić information content (AvgIpc) is 2.54. The summed E-state index contributed by atoms with van der Waals surface area (Å²) >= 11 is 0. The van der Waals surface area contributed by atoms with E-state index in [4.69, 9.17) is 5.26 Å². The maximum Gasteiger partial charge on any atom is 0.284 e. The van der Waals surface area contributed by atoms with Gasteiger partial charge in [0.1, 0.15) is 11.6 Å². The molecule has 114 valence electrons. The fourth-order valence-electron chi connectivity index (χ4n) is 2.26. The molecule has 0 aliphatic heterocycles. The van der Waals surface area contributed by atoms with Gasteiger partial charge in [-0.2, -0.15) is 10.4 Å². The monoisotopic (exact) mass is 295 g/mol. The third kappa shape index (κ3) is 3.43. The molecular formula is C18H21N3O. The summed E-state index contributed by atoms with van der Waals surface area (Å²) in [6.07, 6.45) is 1.84. The molecule has 4 heteroatoms. The van der Waals surface area contributed by atoms with Crippen molar-refractivity contribution in [1.82, 2.24) is 9.78 Å². The van der Waals surface area contributed by atoms with Crippen LogP contribution < -0.4 is 5.56 Å². The number of nitrogens with zero attached hydrogens (tertiary/aromatic N) is 3. The van der Waals surface area contributed by atoms with Crippen LogP contribution in [0.3, 0.4) is 0 Å². The second-order valence-electron chi connectivity index (χ2n) is 5.71. The van der Waals surface area contributed by atoms with E-state index in [1.54, 1.807) is 6.07 Å². The van der Waals surface area contributed by atoms with Crippen LogP contribution in [0.25, 0.3) is 11.3 Å². The van der Waals surface area contributed by atoms with Crippen molar-refractivity contribution in [3.05, 3.63) is 51.8 Å². The number of nitriles is 1. The lowest BCUT2D eigenvalue weighted by Crippen LogP contribution is -2.25. The number of hydrogen-bond donors (Lipinski definition) is 0. The molecule has 1 aromatic heterocycles. The van der Waals surface area contributed by atoms with E-state index in [0.717, 1.165) is 18.4 Å². The van der Waals surface area contributed by atoms with Crippen LogP contribution in [-0.2, 0) is 6.54 Å². The Morgan fingerprint density at radius 1 is 1.27 bits per heavy atom. The van der Waals surface area contributed by atoms with Crippen LogP contribution in [0.1, 0.15) is 50.7 Å². The largest absolute Gasteiger partial charge is 0.284 e. The van der Waals surface area contributed by atoms with E-state index >= 15 is 0 Å². The molecule has 2 aromatic rings. The molecule has 22 heavy (non-hydrogen) atoms. The molecule has 1 heterocycles. The van der Waals surface area contributed by atoms with Crippen molar-refractivity contribution >= 4 is 0 Å². The summed E-state index contributed by atoms with van der Waals surface area (Å²) in [5.41, 5.74) is 2.69. The average molecular weight is 295 g/mol. The molecule has 0 saturated carbocycles. The highest BCUT2D eigenvalue weighted by molar-refractivity contribution is 5.60. The van der Waals surface area contributed by atoms with Gasteiger partial charge in [-0.25, -0.2) is 4.68 Å². The van der Waals surface area contributed by atoms with E-state index in [2.05, 4.69) is 38.0 Å². The summed E-state index contributed by atoms with van der Waals surface area (Å²) in [5.74, 6) is 0.468. The summed E-state index contributed by atoms with van der Waals surface area (Å²) in [7, 11) is 0. The van der Waals surface area contributed by atoms with Crippen LogP contribution in [0.15, 0.2) is 35.1 Å².